The Balaban J connectivity index is 2.55. The molecule has 5 nitrogen and oxygen atoms in total. The summed E-state index contributed by atoms with van der Waals surface area (Å²) in [7, 11) is 1.39. The van der Waals surface area contributed by atoms with Gasteiger partial charge >= 0.3 is 6.18 Å². The van der Waals surface area contributed by atoms with Crippen LogP contribution >= 0.6 is 0 Å². The first-order valence-electron chi connectivity index (χ1n) is 4.92. The second-order valence-electron chi connectivity index (χ2n) is 3.50. The number of carbonyl (C=O) groups is 1. The molecule has 0 fully saturated rings. The third-order valence-electron chi connectivity index (χ3n) is 2.05. The number of likely N-dealkylation sites (N-methyl/N-ethyl adjacent to an activating group) is 1. The molecule has 8 heteroatoms. The van der Waals surface area contributed by atoms with Crippen molar-refractivity contribution in [1.29, 1.82) is 0 Å². The van der Waals surface area contributed by atoms with Gasteiger partial charge in [0.1, 0.15) is 13.2 Å². The summed E-state index contributed by atoms with van der Waals surface area (Å²) in [6, 6.07) is 1.48. The van der Waals surface area contributed by atoms with Gasteiger partial charge in [0.15, 0.2) is 0 Å². The second kappa shape index (κ2) is 5.67. The summed E-state index contributed by atoms with van der Waals surface area (Å²) in [6.07, 6.45) is -1.68. The molecule has 0 atom stereocenters. The molecule has 1 heterocycles. The lowest BCUT2D eigenvalue weighted by Gasteiger charge is -2.18. The quantitative estimate of drug-likeness (QED) is 0.886. The van der Waals surface area contributed by atoms with Crippen molar-refractivity contribution in [2.75, 3.05) is 30.9 Å². The highest BCUT2D eigenvalue weighted by molar-refractivity contribution is 5.96. The van der Waals surface area contributed by atoms with Crippen LogP contribution < -0.4 is 10.6 Å². The number of nitrogens with zero attached hydrogens (tertiary/aromatic N) is 2. The Labute approximate surface area is 101 Å². The fourth-order valence-electron chi connectivity index (χ4n) is 1.19. The molecule has 0 spiro atoms. The molecule has 1 rings (SSSR count). The number of rotatable bonds is 4. The van der Waals surface area contributed by atoms with Crippen LogP contribution in [0.25, 0.3) is 0 Å². The van der Waals surface area contributed by atoms with E-state index in [0.29, 0.717) is 5.69 Å². The van der Waals surface area contributed by atoms with E-state index in [1.54, 1.807) is 0 Å². The van der Waals surface area contributed by atoms with Crippen LogP contribution in [0.3, 0.4) is 0 Å². The standard InChI is InChI=1S/C10H12F3N3O2/c1-16(8-2-3-15-4-7(8)14)9(17)5-18-6-10(11,12)13/h2-4H,5-6,14H2,1H3. The maximum atomic E-state index is 11.8. The number of hydrogen-bond acceptors (Lipinski definition) is 4. The molecule has 1 amide bonds. The van der Waals surface area contributed by atoms with Gasteiger partial charge in [0, 0.05) is 13.2 Å². The van der Waals surface area contributed by atoms with Gasteiger partial charge in [0.2, 0.25) is 0 Å². The number of ether oxygens (including phenoxy) is 1. The summed E-state index contributed by atoms with van der Waals surface area (Å²) in [6.45, 7) is -2.13. The molecular weight excluding hydrogens is 251 g/mol. The zero-order valence-electron chi connectivity index (χ0n) is 9.57. The SMILES string of the molecule is CN(C(=O)COCC(F)(F)F)c1ccncc1N. The lowest BCUT2D eigenvalue weighted by molar-refractivity contribution is -0.175. The summed E-state index contributed by atoms with van der Waals surface area (Å²) >= 11 is 0. The second-order valence-corrected chi connectivity index (χ2v) is 3.50. The molecule has 0 aliphatic carbocycles. The summed E-state index contributed by atoms with van der Waals surface area (Å²) < 4.78 is 39.7. The van der Waals surface area contributed by atoms with Crippen LogP contribution in [-0.2, 0) is 9.53 Å². The van der Waals surface area contributed by atoms with E-state index in [9.17, 15) is 18.0 Å². The molecular formula is C10H12F3N3O2. The Morgan fingerprint density at radius 1 is 1.56 bits per heavy atom. The number of anilines is 2. The van der Waals surface area contributed by atoms with E-state index in [4.69, 9.17) is 5.73 Å². The Kier molecular flexibility index (Phi) is 4.49. The van der Waals surface area contributed by atoms with Crippen molar-refractivity contribution in [2.24, 2.45) is 0 Å². The third kappa shape index (κ3) is 4.21. The number of nitrogen functional groups attached to an aromatic ring is 1. The topological polar surface area (TPSA) is 68.5 Å². The van der Waals surface area contributed by atoms with Crippen molar-refractivity contribution in [3.8, 4) is 0 Å². The van der Waals surface area contributed by atoms with E-state index in [1.165, 1.54) is 25.5 Å². The lowest BCUT2D eigenvalue weighted by atomic mass is 10.3. The molecule has 0 saturated carbocycles. The third-order valence-corrected chi connectivity index (χ3v) is 2.05. The van der Waals surface area contributed by atoms with E-state index in [-0.39, 0.29) is 5.69 Å². The minimum Gasteiger partial charge on any atom is -0.396 e. The average molecular weight is 263 g/mol. The van der Waals surface area contributed by atoms with Crippen molar-refractivity contribution >= 4 is 17.3 Å². The van der Waals surface area contributed by atoms with Gasteiger partial charge in [-0.25, -0.2) is 0 Å². The normalized spacial score (nSPS) is 11.3. The molecule has 1 aromatic rings. The Morgan fingerprint density at radius 3 is 2.78 bits per heavy atom. The molecule has 0 aliphatic rings. The molecule has 0 radical (unpaired) electrons. The zero-order valence-corrected chi connectivity index (χ0v) is 9.57. The van der Waals surface area contributed by atoms with Crippen molar-refractivity contribution in [2.45, 2.75) is 6.18 Å². The van der Waals surface area contributed by atoms with Crippen LogP contribution in [0.1, 0.15) is 0 Å². The zero-order chi connectivity index (χ0) is 13.8. The molecule has 0 unspecified atom stereocenters. The number of hydrogen-bond donors (Lipinski definition) is 1. The van der Waals surface area contributed by atoms with Gasteiger partial charge < -0.3 is 15.4 Å². The lowest BCUT2D eigenvalue weighted by Crippen LogP contribution is -2.32. The smallest absolute Gasteiger partial charge is 0.396 e. The van der Waals surface area contributed by atoms with Crippen LogP contribution in [0.5, 0.6) is 0 Å². The van der Waals surface area contributed by atoms with E-state index >= 15 is 0 Å². The van der Waals surface area contributed by atoms with Crippen molar-refractivity contribution in [1.82, 2.24) is 4.98 Å². The van der Waals surface area contributed by atoms with Crippen LogP contribution in [0.15, 0.2) is 18.5 Å². The monoisotopic (exact) mass is 263 g/mol. The molecule has 100 valence electrons. The number of halogens is 3. The fourth-order valence-corrected chi connectivity index (χ4v) is 1.19. The predicted molar refractivity (Wildman–Crippen MR) is 58.9 cm³/mol. The van der Waals surface area contributed by atoms with Crippen LogP contribution in [0, 0.1) is 0 Å². The molecule has 0 saturated heterocycles. The fraction of sp³-hybridized carbons (Fsp3) is 0.400. The van der Waals surface area contributed by atoms with E-state index in [0.717, 1.165) is 4.90 Å². The number of nitrogens with two attached hydrogens (primary N) is 1. The minimum absolute atomic E-state index is 0.254. The highest BCUT2D eigenvalue weighted by atomic mass is 19.4. The first-order chi connectivity index (χ1) is 8.31. The average Bonchev–Trinajstić information content (AvgIpc) is 2.27. The van der Waals surface area contributed by atoms with Gasteiger partial charge in [-0.15, -0.1) is 0 Å². The molecule has 0 aromatic carbocycles. The first kappa shape index (κ1) is 14.2. The first-order valence-corrected chi connectivity index (χ1v) is 4.92. The van der Waals surface area contributed by atoms with Crippen LogP contribution in [0.4, 0.5) is 24.5 Å². The van der Waals surface area contributed by atoms with Gasteiger partial charge in [0.05, 0.1) is 17.6 Å². The minimum atomic E-state index is -4.45. The molecule has 0 bridgehead atoms. The maximum Gasteiger partial charge on any atom is 0.411 e. The predicted octanol–water partition coefficient (Wildman–Crippen LogP) is 1.21. The number of amides is 1. The van der Waals surface area contributed by atoms with Crippen molar-refractivity contribution in [3.05, 3.63) is 18.5 Å². The molecule has 0 aliphatic heterocycles. The van der Waals surface area contributed by atoms with E-state index < -0.39 is 25.3 Å². The van der Waals surface area contributed by atoms with Crippen LogP contribution in [-0.4, -0.2) is 37.3 Å². The van der Waals surface area contributed by atoms with Gasteiger partial charge in [-0.1, -0.05) is 0 Å². The highest BCUT2D eigenvalue weighted by Gasteiger charge is 2.28. The van der Waals surface area contributed by atoms with E-state index in [1.807, 2.05) is 0 Å². The van der Waals surface area contributed by atoms with Gasteiger partial charge in [-0.3, -0.25) is 9.78 Å². The molecule has 2 N–H and O–H groups in total. The number of alkyl halides is 3. The largest absolute Gasteiger partial charge is 0.411 e. The van der Waals surface area contributed by atoms with Gasteiger partial charge in [-0.05, 0) is 6.07 Å². The Bertz CT molecular complexity index is 423. The summed E-state index contributed by atoms with van der Waals surface area (Å²) in [5.41, 5.74) is 6.20. The van der Waals surface area contributed by atoms with Gasteiger partial charge in [-0.2, -0.15) is 13.2 Å². The summed E-state index contributed by atoms with van der Waals surface area (Å²) in [4.78, 5) is 16.4. The Morgan fingerprint density at radius 2 is 2.22 bits per heavy atom. The summed E-state index contributed by atoms with van der Waals surface area (Å²) in [5.74, 6) is -0.628. The van der Waals surface area contributed by atoms with Crippen molar-refractivity contribution in [3.63, 3.8) is 0 Å². The Hall–Kier alpha value is -1.83. The summed E-state index contributed by atoms with van der Waals surface area (Å²) in [5, 5.41) is 0. The maximum absolute atomic E-state index is 11.8. The van der Waals surface area contributed by atoms with E-state index in [2.05, 4.69) is 9.72 Å². The molecule has 18 heavy (non-hydrogen) atoms. The number of carbonyl (C=O) groups excluding carboxylic acids is 1. The van der Waals surface area contributed by atoms with Gasteiger partial charge in [0.25, 0.3) is 5.91 Å². The van der Waals surface area contributed by atoms with Crippen molar-refractivity contribution < 1.29 is 22.7 Å². The highest BCUT2D eigenvalue weighted by Crippen LogP contribution is 2.20. The number of pyridine rings is 1. The number of aromatic nitrogens is 1. The van der Waals surface area contributed by atoms with Crippen LogP contribution in [0.2, 0.25) is 0 Å². The molecule has 1 aromatic heterocycles.